The van der Waals surface area contributed by atoms with Gasteiger partial charge in [0.15, 0.2) is 0 Å². The predicted molar refractivity (Wildman–Crippen MR) is 65.5 cm³/mol. The summed E-state index contributed by atoms with van der Waals surface area (Å²) in [6.45, 7) is 0.161. The SMILES string of the molecule is N#C/C(=C/NCCO)C(=O)Nc1cccc(O)c1. The number of phenols is 1. The molecule has 0 aliphatic heterocycles. The van der Waals surface area contributed by atoms with E-state index in [-0.39, 0.29) is 24.5 Å². The molecule has 0 aliphatic carbocycles. The summed E-state index contributed by atoms with van der Waals surface area (Å²) in [7, 11) is 0. The molecule has 0 bridgehead atoms. The second-order valence-corrected chi connectivity index (χ2v) is 3.35. The molecule has 1 rings (SSSR count). The average molecular weight is 247 g/mol. The molecule has 18 heavy (non-hydrogen) atoms. The molecule has 6 nitrogen and oxygen atoms in total. The molecule has 0 aliphatic rings. The summed E-state index contributed by atoms with van der Waals surface area (Å²) in [6, 6.07) is 7.74. The van der Waals surface area contributed by atoms with E-state index >= 15 is 0 Å². The number of benzene rings is 1. The number of hydrogen-bond donors (Lipinski definition) is 4. The van der Waals surface area contributed by atoms with Crippen LogP contribution in [0.1, 0.15) is 0 Å². The van der Waals surface area contributed by atoms with E-state index in [0.717, 1.165) is 0 Å². The smallest absolute Gasteiger partial charge is 0.267 e. The minimum Gasteiger partial charge on any atom is -0.508 e. The molecule has 0 radical (unpaired) electrons. The standard InChI is InChI=1S/C12H13N3O3/c13-7-9(8-14-4-5-16)12(18)15-10-2-1-3-11(17)6-10/h1-3,6,8,14,16-17H,4-5H2,(H,15,18)/b9-8-. The highest BCUT2D eigenvalue weighted by atomic mass is 16.3. The second-order valence-electron chi connectivity index (χ2n) is 3.35. The van der Waals surface area contributed by atoms with E-state index in [1.54, 1.807) is 18.2 Å². The number of nitrogens with one attached hydrogen (secondary N) is 2. The Hall–Kier alpha value is -2.52. The van der Waals surface area contributed by atoms with Crippen molar-refractivity contribution in [2.45, 2.75) is 0 Å². The molecule has 1 aromatic carbocycles. The maximum Gasteiger partial charge on any atom is 0.267 e. The quantitative estimate of drug-likeness (QED) is 0.340. The van der Waals surface area contributed by atoms with Crippen LogP contribution in [0.4, 0.5) is 5.69 Å². The first-order valence-corrected chi connectivity index (χ1v) is 5.22. The molecule has 0 fully saturated rings. The van der Waals surface area contributed by atoms with E-state index in [4.69, 9.17) is 10.4 Å². The van der Waals surface area contributed by atoms with Gasteiger partial charge in [0, 0.05) is 24.5 Å². The van der Waals surface area contributed by atoms with Crippen molar-refractivity contribution in [2.75, 3.05) is 18.5 Å². The van der Waals surface area contributed by atoms with Crippen LogP contribution < -0.4 is 10.6 Å². The summed E-state index contributed by atoms with van der Waals surface area (Å²) < 4.78 is 0. The van der Waals surface area contributed by atoms with Crippen molar-refractivity contribution in [2.24, 2.45) is 0 Å². The van der Waals surface area contributed by atoms with Crippen molar-refractivity contribution in [3.63, 3.8) is 0 Å². The lowest BCUT2D eigenvalue weighted by Crippen LogP contribution is -2.18. The van der Waals surface area contributed by atoms with Gasteiger partial charge in [-0.2, -0.15) is 5.26 Å². The van der Waals surface area contributed by atoms with E-state index in [9.17, 15) is 9.90 Å². The summed E-state index contributed by atoms with van der Waals surface area (Å²) >= 11 is 0. The average Bonchev–Trinajstić information content (AvgIpc) is 2.34. The fraction of sp³-hybridized carbons (Fsp3) is 0.167. The lowest BCUT2D eigenvalue weighted by molar-refractivity contribution is -0.112. The zero-order valence-electron chi connectivity index (χ0n) is 9.55. The molecule has 0 saturated heterocycles. The molecule has 94 valence electrons. The zero-order chi connectivity index (χ0) is 13.4. The Kier molecular flexibility index (Phi) is 5.22. The molecular formula is C12H13N3O3. The summed E-state index contributed by atoms with van der Waals surface area (Å²) in [6.07, 6.45) is 1.23. The number of carbonyl (C=O) groups excluding carboxylic acids is 1. The minimum atomic E-state index is -0.589. The van der Waals surface area contributed by atoms with Gasteiger partial charge in [-0.15, -0.1) is 0 Å². The lowest BCUT2D eigenvalue weighted by atomic mass is 10.2. The maximum atomic E-state index is 11.7. The third-order valence-electron chi connectivity index (χ3n) is 1.97. The molecule has 0 heterocycles. The van der Waals surface area contributed by atoms with Crippen LogP contribution in [-0.4, -0.2) is 29.3 Å². The molecule has 0 spiro atoms. The summed E-state index contributed by atoms with van der Waals surface area (Å²) in [5.41, 5.74) is 0.273. The first-order chi connectivity index (χ1) is 8.67. The van der Waals surface area contributed by atoms with Crippen LogP contribution in [-0.2, 0) is 4.79 Å². The van der Waals surface area contributed by atoms with Gasteiger partial charge in [0.2, 0.25) is 0 Å². The van der Waals surface area contributed by atoms with Gasteiger partial charge in [0.1, 0.15) is 17.4 Å². The van der Waals surface area contributed by atoms with Crippen LogP contribution in [0.5, 0.6) is 5.75 Å². The molecule has 0 saturated carbocycles. The predicted octanol–water partition coefficient (Wildman–Crippen LogP) is 0.320. The fourth-order valence-electron chi connectivity index (χ4n) is 1.17. The topological polar surface area (TPSA) is 105 Å². The number of nitriles is 1. The highest BCUT2D eigenvalue weighted by Crippen LogP contribution is 2.15. The van der Waals surface area contributed by atoms with Gasteiger partial charge in [0.25, 0.3) is 5.91 Å². The van der Waals surface area contributed by atoms with E-state index in [1.807, 2.05) is 0 Å². The summed E-state index contributed by atoms with van der Waals surface area (Å²) in [5.74, 6) is -0.567. The summed E-state index contributed by atoms with van der Waals surface area (Å²) in [5, 5.41) is 31.7. The van der Waals surface area contributed by atoms with Crippen LogP contribution in [0.3, 0.4) is 0 Å². The fourth-order valence-corrected chi connectivity index (χ4v) is 1.17. The molecule has 4 N–H and O–H groups in total. The third kappa shape index (κ3) is 4.15. The van der Waals surface area contributed by atoms with Gasteiger partial charge in [-0.1, -0.05) is 6.07 Å². The van der Waals surface area contributed by atoms with Crippen LogP contribution in [0.2, 0.25) is 0 Å². The van der Waals surface area contributed by atoms with Gasteiger partial charge >= 0.3 is 0 Å². The van der Waals surface area contributed by atoms with Crippen molar-refractivity contribution >= 4 is 11.6 Å². The Bertz CT molecular complexity index is 492. The Morgan fingerprint density at radius 1 is 1.50 bits per heavy atom. The van der Waals surface area contributed by atoms with Gasteiger partial charge in [0.05, 0.1) is 6.61 Å². The molecule has 1 amide bonds. The number of nitrogens with zero attached hydrogens (tertiary/aromatic N) is 1. The van der Waals surface area contributed by atoms with Crippen molar-refractivity contribution in [3.05, 3.63) is 36.0 Å². The van der Waals surface area contributed by atoms with E-state index < -0.39 is 5.91 Å². The molecule has 6 heteroatoms. The first kappa shape index (κ1) is 13.5. The normalized spacial score (nSPS) is 10.6. The number of anilines is 1. The Balaban J connectivity index is 2.69. The third-order valence-corrected chi connectivity index (χ3v) is 1.97. The van der Waals surface area contributed by atoms with Gasteiger partial charge in [-0.3, -0.25) is 4.79 Å². The lowest BCUT2D eigenvalue weighted by Gasteiger charge is -2.04. The first-order valence-electron chi connectivity index (χ1n) is 5.22. The Morgan fingerprint density at radius 2 is 2.28 bits per heavy atom. The Labute approximate surface area is 104 Å². The highest BCUT2D eigenvalue weighted by Gasteiger charge is 2.09. The number of aliphatic hydroxyl groups excluding tert-OH is 1. The van der Waals surface area contributed by atoms with E-state index in [2.05, 4.69) is 10.6 Å². The number of aliphatic hydroxyl groups is 1. The molecule has 0 unspecified atom stereocenters. The monoisotopic (exact) mass is 247 g/mol. The van der Waals surface area contributed by atoms with Crippen molar-refractivity contribution < 1.29 is 15.0 Å². The largest absolute Gasteiger partial charge is 0.508 e. The number of rotatable bonds is 5. The summed E-state index contributed by atoms with van der Waals surface area (Å²) in [4.78, 5) is 11.7. The van der Waals surface area contributed by atoms with Crippen molar-refractivity contribution in [3.8, 4) is 11.8 Å². The van der Waals surface area contributed by atoms with Crippen molar-refractivity contribution in [1.29, 1.82) is 5.26 Å². The van der Waals surface area contributed by atoms with Crippen LogP contribution in [0, 0.1) is 11.3 Å². The number of carbonyl (C=O) groups is 1. The van der Waals surface area contributed by atoms with Gasteiger partial charge in [-0.05, 0) is 12.1 Å². The molecule has 0 atom stereocenters. The number of aromatic hydroxyl groups is 1. The van der Waals surface area contributed by atoms with E-state index in [1.165, 1.54) is 18.3 Å². The van der Waals surface area contributed by atoms with Gasteiger partial charge in [-0.25, -0.2) is 0 Å². The molecule has 1 aromatic rings. The number of amides is 1. The second kappa shape index (κ2) is 6.93. The minimum absolute atomic E-state index is 0.0219. The number of phenolic OH excluding ortho intramolecular Hbond substituents is 1. The van der Waals surface area contributed by atoms with Crippen molar-refractivity contribution in [1.82, 2.24) is 5.32 Å². The zero-order valence-corrected chi connectivity index (χ0v) is 9.55. The van der Waals surface area contributed by atoms with E-state index in [0.29, 0.717) is 5.69 Å². The van der Waals surface area contributed by atoms with Crippen LogP contribution in [0.25, 0.3) is 0 Å². The Morgan fingerprint density at radius 3 is 2.89 bits per heavy atom. The van der Waals surface area contributed by atoms with Crippen LogP contribution >= 0.6 is 0 Å². The molecule has 0 aromatic heterocycles. The maximum absolute atomic E-state index is 11.7. The number of hydrogen-bond acceptors (Lipinski definition) is 5. The van der Waals surface area contributed by atoms with Crippen LogP contribution in [0.15, 0.2) is 36.0 Å². The van der Waals surface area contributed by atoms with Gasteiger partial charge < -0.3 is 20.8 Å². The molecular weight excluding hydrogens is 234 g/mol. The highest BCUT2D eigenvalue weighted by molar-refractivity contribution is 6.06.